The molecule has 0 bridgehead atoms. The summed E-state index contributed by atoms with van der Waals surface area (Å²) in [5.74, 6) is 1.16. The van der Waals surface area contributed by atoms with Crippen LogP contribution in [0.5, 0.6) is 5.88 Å². The van der Waals surface area contributed by atoms with Gasteiger partial charge in [-0.15, -0.1) is 6.58 Å². The van der Waals surface area contributed by atoms with Gasteiger partial charge in [-0.2, -0.15) is 4.98 Å². The standard InChI is InChI=1S/C10H15N3O/c1-8(2)5-7-14-9-4-6-12-10(11-3)13-9/h4,6H,1,5,7H2,2-3H3,(H,11,12,13). The maximum Gasteiger partial charge on any atom is 0.225 e. The lowest BCUT2D eigenvalue weighted by molar-refractivity contribution is 0.309. The predicted molar refractivity (Wildman–Crippen MR) is 56.5 cm³/mol. The molecular formula is C10H15N3O. The lowest BCUT2D eigenvalue weighted by atomic mass is 10.3. The van der Waals surface area contributed by atoms with Gasteiger partial charge in [0.1, 0.15) is 0 Å². The zero-order valence-corrected chi connectivity index (χ0v) is 8.58. The van der Waals surface area contributed by atoms with Crippen LogP contribution < -0.4 is 10.1 Å². The van der Waals surface area contributed by atoms with Crippen LogP contribution in [0.1, 0.15) is 13.3 Å². The molecule has 0 radical (unpaired) electrons. The summed E-state index contributed by atoms with van der Waals surface area (Å²) < 4.78 is 5.41. The Bertz CT molecular complexity index is 312. The second kappa shape index (κ2) is 5.21. The van der Waals surface area contributed by atoms with Gasteiger partial charge in [-0.3, -0.25) is 0 Å². The van der Waals surface area contributed by atoms with Gasteiger partial charge in [0.15, 0.2) is 0 Å². The van der Waals surface area contributed by atoms with Gasteiger partial charge in [-0.1, -0.05) is 5.57 Å². The summed E-state index contributed by atoms with van der Waals surface area (Å²) in [6.07, 6.45) is 2.51. The first-order valence-electron chi connectivity index (χ1n) is 4.50. The Hall–Kier alpha value is -1.58. The fourth-order valence-electron chi connectivity index (χ4n) is 0.873. The Labute approximate surface area is 84.0 Å². The third-order valence-corrected chi connectivity index (χ3v) is 1.63. The van der Waals surface area contributed by atoms with Crippen molar-refractivity contribution in [1.82, 2.24) is 9.97 Å². The third kappa shape index (κ3) is 3.43. The molecule has 0 atom stereocenters. The van der Waals surface area contributed by atoms with Crippen molar-refractivity contribution < 1.29 is 4.74 Å². The maximum atomic E-state index is 5.41. The largest absolute Gasteiger partial charge is 0.477 e. The van der Waals surface area contributed by atoms with Crippen LogP contribution in [0.15, 0.2) is 24.4 Å². The molecule has 0 unspecified atom stereocenters. The van der Waals surface area contributed by atoms with Gasteiger partial charge in [-0.05, 0) is 6.92 Å². The number of anilines is 1. The average molecular weight is 193 g/mol. The summed E-state index contributed by atoms with van der Waals surface area (Å²) in [4.78, 5) is 8.10. The highest BCUT2D eigenvalue weighted by molar-refractivity contribution is 5.25. The van der Waals surface area contributed by atoms with E-state index in [-0.39, 0.29) is 0 Å². The van der Waals surface area contributed by atoms with Crippen LogP contribution in [0.3, 0.4) is 0 Å². The summed E-state index contributed by atoms with van der Waals surface area (Å²) >= 11 is 0. The number of aromatic nitrogens is 2. The van der Waals surface area contributed by atoms with Crippen LogP contribution in [0.4, 0.5) is 5.95 Å². The molecule has 0 aliphatic rings. The zero-order chi connectivity index (χ0) is 10.4. The van der Waals surface area contributed by atoms with Crippen LogP contribution >= 0.6 is 0 Å². The molecule has 76 valence electrons. The van der Waals surface area contributed by atoms with Crippen molar-refractivity contribution in [2.24, 2.45) is 0 Å². The summed E-state index contributed by atoms with van der Waals surface area (Å²) in [7, 11) is 1.77. The van der Waals surface area contributed by atoms with Crippen LogP contribution in [0.2, 0.25) is 0 Å². The molecule has 1 aromatic rings. The molecule has 0 amide bonds. The molecule has 0 spiro atoms. The van der Waals surface area contributed by atoms with Crippen LogP contribution in [0, 0.1) is 0 Å². The molecule has 0 aromatic carbocycles. The van der Waals surface area contributed by atoms with E-state index < -0.39 is 0 Å². The first-order chi connectivity index (χ1) is 6.72. The topological polar surface area (TPSA) is 47.0 Å². The number of hydrogen-bond acceptors (Lipinski definition) is 4. The van der Waals surface area contributed by atoms with Crippen molar-refractivity contribution in [1.29, 1.82) is 0 Å². The van der Waals surface area contributed by atoms with Crippen molar-refractivity contribution in [3.05, 3.63) is 24.4 Å². The molecule has 0 fully saturated rings. The monoisotopic (exact) mass is 193 g/mol. The minimum Gasteiger partial charge on any atom is -0.477 e. The van der Waals surface area contributed by atoms with Crippen molar-refractivity contribution in [2.45, 2.75) is 13.3 Å². The summed E-state index contributed by atoms with van der Waals surface area (Å²) in [5.41, 5.74) is 1.10. The Balaban J connectivity index is 2.46. The fraction of sp³-hybridized carbons (Fsp3) is 0.400. The molecule has 1 aromatic heterocycles. The average Bonchev–Trinajstić information content (AvgIpc) is 2.18. The summed E-state index contributed by atoms with van der Waals surface area (Å²) in [6.45, 7) is 6.38. The lowest BCUT2D eigenvalue weighted by Gasteiger charge is -2.05. The van der Waals surface area contributed by atoms with E-state index in [9.17, 15) is 0 Å². The van der Waals surface area contributed by atoms with E-state index in [4.69, 9.17) is 4.74 Å². The molecule has 0 saturated carbocycles. The first-order valence-corrected chi connectivity index (χ1v) is 4.50. The Kier molecular flexibility index (Phi) is 3.91. The van der Waals surface area contributed by atoms with E-state index in [2.05, 4.69) is 21.9 Å². The second-order valence-electron chi connectivity index (χ2n) is 3.02. The Morgan fingerprint density at radius 1 is 1.64 bits per heavy atom. The van der Waals surface area contributed by atoms with Crippen molar-refractivity contribution in [3.8, 4) is 5.88 Å². The second-order valence-corrected chi connectivity index (χ2v) is 3.02. The van der Waals surface area contributed by atoms with Gasteiger partial charge in [0.25, 0.3) is 0 Å². The fourth-order valence-corrected chi connectivity index (χ4v) is 0.873. The number of nitrogens with zero attached hydrogens (tertiary/aromatic N) is 2. The molecular weight excluding hydrogens is 178 g/mol. The lowest BCUT2D eigenvalue weighted by Crippen LogP contribution is -2.02. The van der Waals surface area contributed by atoms with E-state index in [1.54, 1.807) is 19.3 Å². The molecule has 1 heterocycles. The molecule has 0 aliphatic heterocycles. The van der Waals surface area contributed by atoms with Crippen molar-refractivity contribution in [3.63, 3.8) is 0 Å². The first kappa shape index (κ1) is 10.5. The van der Waals surface area contributed by atoms with Crippen molar-refractivity contribution in [2.75, 3.05) is 19.0 Å². The number of hydrogen-bond donors (Lipinski definition) is 1. The number of ether oxygens (including phenoxy) is 1. The minimum absolute atomic E-state index is 0.567. The number of rotatable bonds is 5. The van der Waals surface area contributed by atoms with Gasteiger partial charge in [0.05, 0.1) is 6.61 Å². The summed E-state index contributed by atoms with van der Waals surface area (Å²) in [6, 6.07) is 1.74. The van der Waals surface area contributed by atoms with Gasteiger partial charge >= 0.3 is 0 Å². The van der Waals surface area contributed by atoms with E-state index >= 15 is 0 Å². The molecule has 0 aliphatic carbocycles. The summed E-state index contributed by atoms with van der Waals surface area (Å²) in [5, 5.41) is 2.85. The zero-order valence-electron chi connectivity index (χ0n) is 8.58. The van der Waals surface area contributed by atoms with E-state index in [1.807, 2.05) is 6.92 Å². The van der Waals surface area contributed by atoms with Crippen LogP contribution in [-0.2, 0) is 0 Å². The highest BCUT2D eigenvalue weighted by Crippen LogP contribution is 2.08. The molecule has 4 nitrogen and oxygen atoms in total. The highest BCUT2D eigenvalue weighted by atomic mass is 16.5. The molecule has 0 saturated heterocycles. The van der Waals surface area contributed by atoms with Gasteiger partial charge in [0.2, 0.25) is 11.8 Å². The Morgan fingerprint density at radius 3 is 3.07 bits per heavy atom. The Morgan fingerprint density at radius 2 is 2.43 bits per heavy atom. The third-order valence-electron chi connectivity index (χ3n) is 1.63. The normalized spacial score (nSPS) is 9.57. The SMILES string of the molecule is C=C(C)CCOc1ccnc(NC)n1. The minimum atomic E-state index is 0.567. The van der Waals surface area contributed by atoms with E-state index in [0.29, 0.717) is 18.4 Å². The van der Waals surface area contributed by atoms with Gasteiger partial charge in [-0.25, -0.2) is 4.98 Å². The van der Waals surface area contributed by atoms with E-state index in [1.165, 1.54) is 0 Å². The molecule has 4 heteroatoms. The van der Waals surface area contributed by atoms with Crippen molar-refractivity contribution >= 4 is 5.95 Å². The van der Waals surface area contributed by atoms with Gasteiger partial charge in [0, 0.05) is 25.7 Å². The predicted octanol–water partition coefficient (Wildman–Crippen LogP) is 1.86. The van der Waals surface area contributed by atoms with E-state index in [0.717, 1.165) is 12.0 Å². The quantitative estimate of drug-likeness (QED) is 0.725. The van der Waals surface area contributed by atoms with Crippen LogP contribution in [0.25, 0.3) is 0 Å². The number of nitrogens with one attached hydrogen (secondary N) is 1. The molecule has 1 N–H and O–H groups in total. The van der Waals surface area contributed by atoms with Crippen LogP contribution in [-0.4, -0.2) is 23.6 Å². The smallest absolute Gasteiger partial charge is 0.225 e. The van der Waals surface area contributed by atoms with Gasteiger partial charge < -0.3 is 10.1 Å². The molecule has 1 rings (SSSR count). The maximum absolute atomic E-state index is 5.41. The highest BCUT2D eigenvalue weighted by Gasteiger charge is 1.97. The molecule has 14 heavy (non-hydrogen) atoms.